The monoisotopic (exact) mass is 231 g/mol. The van der Waals surface area contributed by atoms with Gasteiger partial charge in [-0.25, -0.2) is 0 Å². The highest BCUT2D eigenvalue weighted by Crippen LogP contribution is 2.37. The van der Waals surface area contributed by atoms with E-state index in [0.717, 1.165) is 25.8 Å². The van der Waals surface area contributed by atoms with Gasteiger partial charge < -0.3 is 0 Å². The SMILES string of the molecule is CCn1cc(CC2(C#N)CCCCCC2)cn1. The summed E-state index contributed by atoms with van der Waals surface area (Å²) in [5.41, 5.74) is 1.09. The first-order valence-corrected chi connectivity index (χ1v) is 6.70. The molecule has 0 spiro atoms. The summed E-state index contributed by atoms with van der Waals surface area (Å²) in [5, 5.41) is 13.8. The molecule has 2 rings (SSSR count). The molecule has 3 nitrogen and oxygen atoms in total. The molecule has 92 valence electrons. The van der Waals surface area contributed by atoms with Crippen molar-refractivity contribution in [2.45, 2.75) is 58.4 Å². The summed E-state index contributed by atoms with van der Waals surface area (Å²) in [6, 6.07) is 2.60. The summed E-state index contributed by atoms with van der Waals surface area (Å²) in [5.74, 6) is 0. The van der Waals surface area contributed by atoms with Crippen LogP contribution >= 0.6 is 0 Å². The molecule has 3 heteroatoms. The third-order valence-electron chi connectivity index (χ3n) is 3.85. The average molecular weight is 231 g/mol. The number of rotatable bonds is 3. The molecule has 0 N–H and O–H groups in total. The zero-order valence-corrected chi connectivity index (χ0v) is 10.7. The van der Waals surface area contributed by atoms with Crippen molar-refractivity contribution in [3.05, 3.63) is 18.0 Å². The molecule has 0 saturated heterocycles. The molecular weight excluding hydrogens is 210 g/mol. The van der Waals surface area contributed by atoms with Crippen LogP contribution in [-0.2, 0) is 13.0 Å². The lowest BCUT2D eigenvalue weighted by Crippen LogP contribution is -2.20. The van der Waals surface area contributed by atoms with Crippen molar-refractivity contribution in [3.63, 3.8) is 0 Å². The van der Waals surface area contributed by atoms with E-state index in [4.69, 9.17) is 0 Å². The molecule has 1 saturated carbocycles. The molecule has 1 aliphatic rings. The Bertz CT molecular complexity index is 392. The number of aromatic nitrogens is 2. The van der Waals surface area contributed by atoms with Crippen molar-refractivity contribution in [2.24, 2.45) is 5.41 Å². The van der Waals surface area contributed by atoms with E-state index in [1.54, 1.807) is 0 Å². The summed E-state index contributed by atoms with van der Waals surface area (Å²) in [7, 11) is 0. The summed E-state index contributed by atoms with van der Waals surface area (Å²) in [6.45, 7) is 2.99. The molecule has 0 radical (unpaired) electrons. The maximum Gasteiger partial charge on any atom is 0.0693 e. The van der Waals surface area contributed by atoms with E-state index in [2.05, 4.69) is 24.3 Å². The Hall–Kier alpha value is -1.30. The summed E-state index contributed by atoms with van der Waals surface area (Å²) in [6.07, 6.45) is 12.0. The predicted octanol–water partition coefficient (Wildman–Crippen LogP) is 3.31. The first-order valence-electron chi connectivity index (χ1n) is 6.70. The molecule has 1 heterocycles. The molecule has 0 aromatic carbocycles. The predicted molar refractivity (Wildman–Crippen MR) is 67.4 cm³/mol. The zero-order chi connectivity index (χ0) is 12.1. The maximum atomic E-state index is 9.51. The van der Waals surface area contributed by atoms with Crippen LogP contribution in [0.3, 0.4) is 0 Å². The van der Waals surface area contributed by atoms with Crippen molar-refractivity contribution in [1.82, 2.24) is 9.78 Å². The van der Waals surface area contributed by atoms with Gasteiger partial charge in [-0.1, -0.05) is 25.7 Å². The van der Waals surface area contributed by atoms with Crippen LogP contribution in [0.25, 0.3) is 0 Å². The highest BCUT2D eigenvalue weighted by molar-refractivity contribution is 5.13. The Morgan fingerprint density at radius 2 is 2.06 bits per heavy atom. The van der Waals surface area contributed by atoms with Gasteiger partial charge in [0, 0.05) is 12.7 Å². The van der Waals surface area contributed by atoms with Gasteiger partial charge in [0.05, 0.1) is 17.7 Å². The topological polar surface area (TPSA) is 41.6 Å². The van der Waals surface area contributed by atoms with Crippen molar-refractivity contribution in [2.75, 3.05) is 0 Å². The lowest BCUT2D eigenvalue weighted by Gasteiger charge is -2.23. The summed E-state index contributed by atoms with van der Waals surface area (Å²) in [4.78, 5) is 0. The van der Waals surface area contributed by atoms with Gasteiger partial charge in [-0.05, 0) is 31.7 Å². The highest BCUT2D eigenvalue weighted by Gasteiger charge is 2.31. The van der Waals surface area contributed by atoms with Gasteiger partial charge in [0.1, 0.15) is 0 Å². The van der Waals surface area contributed by atoms with Crippen LogP contribution in [0.5, 0.6) is 0 Å². The average Bonchev–Trinajstić information content (AvgIpc) is 2.67. The van der Waals surface area contributed by atoms with Crippen LogP contribution in [0.2, 0.25) is 0 Å². The number of nitrogens with zero attached hydrogens (tertiary/aromatic N) is 3. The summed E-state index contributed by atoms with van der Waals surface area (Å²) >= 11 is 0. The van der Waals surface area contributed by atoms with Gasteiger partial charge in [-0.15, -0.1) is 0 Å². The van der Waals surface area contributed by atoms with Crippen molar-refractivity contribution in [3.8, 4) is 6.07 Å². The molecule has 1 aromatic rings. The fourth-order valence-electron chi connectivity index (χ4n) is 2.79. The number of hydrogen-bond donors (Lipinski definition) is 0. The first kappa shape index (κ1) is 12.2. The van der Waals surface area contributed by atoms with Crippen molar-refractivity contribution in [1.29, 1.82) is 5.26 Å². The standard InChI is InChI=1S/C14H21N3/c1-2-17-11-13(10-16-17)9-14(12-15)7-5-3-4-6-8-14/h10-11H,2-9H2,1H3. The van der Waals surface area contributed by atoms with E-state index >= 15 is 0 Å². The van der Waals surface area contributed by atoms with Crippen LogP contribution in [-0.4, -0.2) is 9.78 Å². The van der Waals surface area contributed by atoms with Gasteiger partial charge in [0.25, 0.3) is 0 Å². The number of nitriles is 1. The molecule has 0 aliphatic heterocycles. The van der Waals surface area contributed by atoms with Crippen LogP contribution in [0.4, 0.5) is 0 Å². The van der Waals surface area contributed by atoms with E-state index in [0.29, 0.717) is 0 Å². The number of hydrogen-bond acceptors (Lipinski definition) is 2. The third-order valence-corrected chi connectivity index (χ3v) is 3.85. The van der Waals surface area contributed by atoms with E-state index in [9.17, 15) is 5.26 Å². The minimum atomic E-state index is -0.127. The molecule has 0 atom stereocenters. The van der Waals surface area contributed by atoms with E-state index in [1.165, 1.54) is 31.2 Å². The second-order valence-electron chi connectivity index (χ2n) is 5.19. The normalized spacial score (nSPS) is 19.5. The second-order valence-corrected chi connectivity index (χ2v) is 5.19. The largest absolute Gasteiger partial charge is 0.273 e. The van der Waals surface area contributed by atoms with Gasteiger partial charge in [-0.2, -0.15) is 10.4 Å². The molecule has 0 unspecified atom stereocenters. The third kappa shape index (κ3) is 2.88. The van der Waals surface area contributed by atoms with Gasteiger partial charge >= 0.3 is 0 Å². The Kier molecular flexibility index (Phi) is 3.83. The summed E-state index contributed by atoms with van der Waals surface area (Å²) < 4.78 is 1.94. The van der Waals surface area contributed by atoms with E-state index < -0.39 is 0 Å². The fraction of sp³-hybridized carbons (Fsp3) is 0.714. The first-order chi connectivity index (χ1) is 8.28. The molecular formula is C14H21N3. The quantitative estimate of drug-likeness (QED) is 0.749. The van der Waals surface area contributed by atoms with Crippen LogP contribution in [0.1, 0.15) is 51.0 Å². The van der Waals surface area contributed by atoms with E-state index in [-0.39, 0.29) is 5.41 Å². The van der Waals surface area contributed by atoms with Crippen LogP contribution < -0.4 is 0 Å². The molecule has 0 bridgehead atoms. The minimum absolute atomic E-state index is 0.127. The van der Waals surface area contributed by atoms with Crippen molar-refractivity contribution < 1.29 is 0 Å². The minimum Gasteiger partial charge on any atom is -0.273 e. The van der Waals surface area contributed by atoms with Crippen molar-refractivity contribution >= 4 is 0 Å². The van der Waals surface area contributed by atoms with Crippen LogP contribution in [0.15, 0.2) is 12.4 Å². The second kappa shape index (κ2) is 5.35. The maximum absolute atomic E-state index is 9.51. The highest BCUT2D eigenvalue weighted by atomic mass is 15.3. The molecule has 1 fully saturated rings. The van der Waals surface area contributed by atoms with Gasteiger partial charge in [0.2, 0.25) is 0 Å². The smallest absolute Gasteiger partial charge is 0.0693 e. The number of aryl methyl sites for hydroxylation is 1. The Morgan fingerprint density at radius 3 is 2.59 bits per heavy atom. The molecule has 17 heavy (non-hydrogen) atoms. The Balaban J connectivity index is 2.10. The van der Waals surface area contributed by atoms with Crippen LogP contribution in [0, 0.1) is 16.7 Å². The molecule has 1 aromatic heterocycles. The van der Waals surface area contributed by atoms with Gasteiger partial charge in [0.15, 0.2) is 0 Å². The van der Waals surface area contributed by atoms with E-state index in [1.807, 2.05) is 10.9 Å². The molecule has 0 amide bonds. The lowest BCUT2D eigenvalue weighted by atomic mass is 9.77. The van der Waals surface area contributed by atoms with Gasteiger partial charge in [-0.3, -0.25) is 4.68 Å². The zero-order valence-electron chi connectivity index (χ0n) is 10.7. The Morgan fingerprint density at radius 1 is 1.35 bits per heavy atom. The fourth-order valence-corrected chi connectivity index (χ4v) is 2.79. The lowest BCUT2D eigenvalue weighted by molar-refractivity contribution is 0.339. The Labute approximate surface area is 103 Å². The molecule has 1 aliphatic carbocycles.